The molecule has 4 rings (SSSR count). The van der Waals surface area contributed by atoms with E-state index >= 15 is 0 Å². The molecule has 1 fully saturated rings. The molecule has 2 aromatic heterocycles. The fraction of sp³-hybridized carbons (Fsp3) is 0.278. The molecule has 128 valence electrons. The summed E-state index contributed by atoms with van der Waals surface area (Å²) in [5.41, 5.74) is 0.117. The zero-order valence-electron chi connectivity index (χ0n) is 13.7. The third-order valence-corrected chi connectivity index (χ3v) is 4.41. The average molecular weight is 340 g/mol. The smallest absolute Gasteiger partial charge is 0.294 e. The Kier molecular flexibility index (Phi) is 3.83. The lowest BCUT2D eigenvalue weighted by molar-refractivity contribution is 0.434. The van der Waals surface area contributed by atoms with Crippen LogP contribution in [-0.2, 0) is 7.05 Å². The Morgan fingerprint density at radius 3 is 2.80 bits per heavy atom. The molecule has 1 aliphatic rings. The van der Waals surface area contributed by atoms with Gasteiger partial charge >= 0.3 is 0 Å². The van der Waals surface area contributed by atoms with Crippen molar-refractivity contribution < 1.29 is 9.13 Å². The zero-order valence-corrected chi connectivity index (χ0v) is 13.7. The first kappa shape index (κ1) is 15.6. The second kappa shape index (κ2) is 6.16. The Balaban J connectivity index is 1.72. The first-order valence-electron chi connectivity index (χ1n) is 8.17. The van der Waals surface area contributed by atoms with Crippen molar-refractivity contribution in [3.63, 3.8) is 0 Å². The van der Waals surface area contributed by atoms with Crippen LogP contribution in [0.15, 0.2) is 41.3 Å². The van der Waals surface area contributed by atoms with Gasteiger partial charge in [-0.15, -0.1) is 0 Å². The van der Waals surface area contributed by atoms with Crippen LogP contribution in [0.5, 0.6) is 11.5 Å². The molecule has 3 aromatic rings. The van der Waals surface area contributed by atoms with Crippen molar-refractivity contribution in [3.8, 4) is 11.5 Å². The summed E-state index contributed by atoms with van der Waals surface area (Å²) in [4.78, 5) is 21.3. The van der Waals surface area contributed by atoms with Gasteiger partial charge in [-0.05, 0) is 37.5 Å². The third-order valence-electron chi connectivity index (χ3n) is 4.41. The van der Waals surface area contributed by atoms with E-state index in [1.807, 2.05) is 0 Å². The van der Waals surface area contributed by atoms with Crippen LogP contribution < -0.4 is 15.6 Å². The molecule has 0 saturated heterocycles. The van der Waals surface area contributed by atoms with Crippen molar-refractivity contribution >= 4 is 17.0 Å². The summed E-state index contributed by atoms with van der Waals surface area (Å²) in [6.07, 6.45) is 5.06. The number of hydrogen-bond acceptors (Lipinski definition) is 5. The fourth-order valence-corrected chi connectivity index (χ4v) is 2.74. The minimum Gasteiger partial charge on any atom is -0.448 e. The standard InChI is InChI=1S/C18H17FN4O2/c1-23-16-11(10-20-18(22-16)21-12-5-4-6-12)9-15(17(23)24)25-14-8-3-2-7-13(14)19/h2-3,7-10,12H,4-6H2,1H3,(H,20,21,22). The van der Waals surface area contributed by atoms with E-state index in [9.17, 15) is 9.18 Å². The molecule has 2 heterocycles. The van der Waals surface area contributed by atoms with Gasteiger partial charge in [0.25, 0.3) is 5.56 Å². The van der Waals surface area contributed by atoms with Gasteiger partial charge in [0.1, 0.15) is 5.65 Å². The molecule has 25 heavy (non-hydrogen) atoms. The van der Waals surface area contributed by atoms with Gasteiger partial charge in [-0.1, -0.05) is 12.1 Å². The Hall–Kier alpha value is -2.96. The largest absolute Gasteiger partial charge is 0.448 e. The number of aromatic nitrogens is 3. The van der Waals surface area contributed by atoms with Crippen molar-refractivity contribution in [2.24, 2.45) is 7.05 Å². The molecule has 0 spiro atoms. The minimum atomic E-state index is -0.527. The van der Waals surface area contributed by atoms with E-state index < -0.39 is 5.82 Å². The van der Waals surface area contributed by atoms with Crippen LogP contribution in [0, 0.1) is 5.82 Å². The van der Waals surface area contributed by atoms with E-state index in [2.05, 4.69) is 15.3 Å². The van der Waals surface area contributed by atoms with Crippen molar-refractivity contribution in [3.05, 3.63) is 52.7 Å². The van der Waals surface area contributed by atoms with Crippen LogP contribution in [0.4, 0.5) is 10.3 Å². The first-order chi connectivity index (χ1) is 12.1. The number of rotatable bonds is 4. The molecule has 1 aliphatic carbocycles. The predicted molar refractivity (Wildman–Crippen MR) is 92.5 cm³/mol. The molecule has 6 nitrogen and oxygen atoms in total. The number of pyridine rings is 1. The number of fused-ring (bicyclic) bond motifs is 1. The first-order valence-corrected chi connectivity index (χ1v) is 8.17. The van der Waals surface area contributed by atoms with Gasteiger partial charge in [-0.3, -0.25) is 9.36 Å². The van der Waals surface area contributed by atoms with Crippen molar-refractivity contribution in [1.29, 1.82) is 0 Å². The van der Waals surface area contributed by atoms with Crippen molar-refractivity contribution in [2.45, 2.75) is 25.3 Å². The molecule has 0 bridgehead atoms. The average Bonchev–Trinajstić information content (AvgIpc) is 2.58. The maximum Gasteiger partial charge on any atom is 0.294 e. The van der Waals surface area contributed by atoms with Crippen LogP contribution in [0.25, 0.3) is 11.0 Å². The second-order valence-corrected chi connectivity index (χ2v) is 6.15. The molecule has 1 aromatic carbocycles. The van der Waals surface area contributed by atoms with E-state index in [0.717, 1.165) is 12.8 Å². The van der Waals surface area contributed by atoms with E-state index in [4.69, 9.17) is 4.74 Å². The summed E-state index contributed by atoms with van der Waals surface area (Å²) in [5, 5.41) is 3.91. The van der Waals surface area contributed by atoms with Gasteiger partial charge in [-0.2, -0.15) is 4.98 Å². The quantitative estimate of drug-likeness (QED) is 0.790. The molecule has 1 N–H and O–H groups in total. The number of aryl methyl sites for hydroxylation is 1. The fourth-order valence-electron chi connectivity index (χ4n) is 2.74. The number of halogens is 1. The lowest BCUT2D eigenvalue weighted by Gasteiger charge is -2.26. The van der Waals surface area contributed by atoms with Crippen LogP contribution in [0.1, 0.15) is 19.3 Å². The molecular formula is C18H17FN4O2. The predicted octanol–water partition coefficient (Wildman–Crippen LogP) is 3.22. The maximum atomic E-state index is 13.8. The van der Waals surface area contributed by atoms with Crippen LogP contribution >= 0.6 is 0 Å². The molecule has 7 heteroatoms. The van der Waals surface area contributed by atoms with Gasteiger partial charge in [0.2, 0.25) is 5.95 Å². The number of para-hydroxylation sites is 1. The molecule has 0 atom stereocenters. The number of nitrogens with zero attached hydrogens (tertiary/aromatic N) is 3. The monoisotopic (exact) mass is 340 g/mol. The Morgan fingerprint density at radius 1 is 1.28 bits per heavy atom. The number of nitrogens with one attached hydrogen (secondary N) is 1. The highest BCUT2D eigenvalue weighted by Gasteiger charge is 2.19. The lowest BCUT2D eigenvalue weighted by atomic mass is 9.93. The summed E-state index contributed by atoms with van der Waals surface area (Å²) < 4.78 is 20.6. The summed E-state index contributed by atoms with van der Waals surface area (Å²) in [5.74, 6) is 0.0162. The molecule has 0 amide bonds. The summed E-state index contributed by atoms with van der Waals surface area (Å²) >= 11 is 0. The zero-order chi connectivity index (χ0) is 17.4. The SMILES string of the molecule is Cn1c(=O)c(Oc2ccccc2F)cc2cnc(NC3CCC3)nc21. The summed E-state index contributed by atoms with van der Waals surface area (Å²) in [6.45, 7) is 0. The van der Waals surface area contributed by atoms with E-state index in [-0.39, 0.29) is 17.1 Å². The van der Waals surface area contributed by atoms with Crippen LogP contribution in [-0.4, -0.2) is 20.6 Å². The van der Waals surface area contributed by atoms with Crippen molar-refractivity contribution in [1.82, 2.24) is 14.5 Å². The Bertz CT molecular complexity index is 998. The topological polar surface area (TPSA) is 69.0 Å². The van der Waals surface area contributed by atoms with Gasteiger partial charge in [0.15, 0.2) is 17.3 Å². The molecule has 1 saturated carbocycles. The van der Waals surface area contributed by atoms with Gasteiger partial charge in [-0.25, -0.2) is 9.37 Å². The van der Waals surface area contributed by atoms with Crippen LogP contribution in [0.2, 0.25) is 0 Å². The number of anilines is 1. The number of hydrogen-bond donors (Lipinski definition) is 1. The van der Waals surface area contributed by atoms with Crippen molar-refractivity contribution in [2.75, 3.05) is 5.32 Å². The van der Waals surface area contributed by atoms with E-state index in [0.29, 0.717) is 23.0 Å². The molecule has 0 radical (unpaired) electrons. The van der Waals surface area contributed by atoms with Gasteiger partial charge < -0.3 is 10.1 Å². The molecule has 0 unspecified atom stereocenters. The van der Waals surface area contributed by atoms with Crippen LogP contribution in [0.3, 0.4) is 0 Å². The van der Waals surface area contributed by atoms with E-state index in [1.165, 1.54) is 29.2 Å². The normalized spacial score (nSPS) is 14.3. The number of ether oxygens (including phenoxy) is 1. The highest BCUT2D eigenvalue weighted by molar-refractivity contribution is 5.76. The second-order valence-electron chi connectivity index (χ2n) is 6.15. The van der Waals surface area contributed by atoms with Gasteiger partial charge in [0.05, 0.1) is 0 Å². The summed E-state index contributed by atoms with van der Waals surface area (Å²) in [6, 6.07) is 7.90. The number of benzene rings is 1. The Labute approximate surface area is 143 Å². The Morgan fingerprint density at radius 2 is 2.08 bits per heavy atom. The van der Waals surface area contributed by atoms with E-state index in [1.54, 1.807) is 25.4 Å². The molecular weight excluding hydrogens is 323 g/mol. The molecule has 0 aliphatic heterocycles. The third kappa shape index (κ3) is 2.93. The maximum absolute atomic E-state index is 13.8. The van der Waals surface area contributed by atoms with Gasteiger partial charge in [0, 0.05) is 24.7 Å². The highest BCUT2D eigenvalue weighted by atomic mass is 19.1. The summed E-state index contributed by atoms with van der Waals surface area (Å²) in [7, 11) is 1.61. The minimum absolute atomic E-state index is 0.00291. The lowest BCUT2D eigenvalue weighted by Crippen LogP contribution is -2.28. The highest BCUT2D eigenvalue weighted by Crippen LogP contribution is 2.25.